The molecule has 35 heavy (non-hydrogen) atoms. The quantitative estimate of drug-likeness (QED) is 0.411. The van der Waals surface area contributed by atoms with Crippen LogP contribution in [0.3, 0.4) is 0 Å². The number of hydrogen-bond donors (Lipinski definition) is 1. The second-order valence-corrected chi connectivity index (χ2v) is 8.99. The molecule has 0 unspecified atom stereocenters. The van der Waals surface area contributed by atoms with Crippen LogP contribution in [0.5, 0.6) is 0 Å². The molecule has 6 rings (SSSR count). The molecule has 0 atom stereocenters. The molecule has 0 saturated carbocycles. The summed E-state index contributed by atoms with van der Waals surface area (Å²) in [4.78, 5) is 25.9. The molecule has 0 saturated heterocycles. The van der Waals surface area contributed by atoms with Gasteiger partial charge in [0, 0.05) is 24.0 Å². The van der Waals surface area contributed by atoms with E-state index in [4.69, 9.17) is 9.51 Å². The molecule has 1 N–H and O–H groups in total. The summed E-state index contributed by atoms with van der Waals surface area (Å²) in [6.07, 6.45) is 4.57. The summed E-state index contributed by atoms with van der Waals surface area (Å²) in [6, 6.07) is 17.1. The average Bonchev–Trinajstić information content (AvgIpc) is 3.41. The van der Waals surface area contributed by atoms with Crippen molar-refractivity contribution >= 4 is 22.5 Å². The van der Waals surface area contributed by atoms with Crippen molar-refractivity contribution in [2.75, 3.05) is 4.90 Å². The van der Waals surface area contributed by atoms with Gasteiger partial charge in [0.15, 0.2) is 11.5 Å². The molecule has 0 radical (unpaired) electrons. The Morgan fingerprint density at radius 3 is 2.69 bits per heavy atom. The van der Waals surface area contributed by atoms with Crippen LogP contribution in [0, 0.1) is 6.92 Å². The Morgan fingerprint density at radius 1 is 1.03 bits per heavy atom. The molecule has 0 aliphatic carbocycles. The number of nitrogens with one attached hydrogen (secondary N) is 1. The SMILES string of the molecule is CCc1nc2c(C)ccnc2n1Cc1ccc2c(c1)CCc1ccccc1N2Cc1noc(=O)[nH]1. The predicted octanol–water partition coefficient (Wildman–Crippen LogP) is 4.46. The molecule has 1 aliphatic heterocycles. The second kappa shape index (κ2) is 8.54. The van der Waals surface area contributed by atoms with E-state index < -0.39 is 5.76 Å². The van der Waals surface area contributed by atoms with Crippen LogP contribution in [-0.2, 0) is 32.4 Å². The summed E-state index contributed by atoms with van der Waals surface area (Å²) in [6.45, 7) is 5.35. The maximum Gasteiger partial charge on any atom is 0.438 e. The van der Waals surface area contributed by atoms with E-state index in [9.17, 15) is 4.79 Å². The third kappa shape index (κ3) is 3.80. The Bertz CT molecular complexity index is 1600. The van der Waals surface area contributed by atoms with E-state index in [1.165, 1.54) is 16.7 Å². The van der Waals surface area contributed by atoms with Crippen LogP contribution in [0.4, 0.5) is 11.4 Å². The van der Waals surface area contributed by atoms with Crippen LogP contribution in [0.15, 0.2) is 64.0 Å². The molecule has 0 amide bonds. The molecule has 8 nitrogen and oxygen atoms in total. The number of anilines is 2. The lowest BCUT2D eigenvalue weighted by Gasteiger charge is -2.26. The standard InChI is InChI=1S/C27H26N6O2/c1-3-24-30-25-17(2)12-13-28-26(25)33(24)15-18-8-11-22-20(14-18)10-9-19-6-4-5-7-21(19)32(22)16-23-29-27(34)35-31-23/h4-8,11-14H,3,9-10,15-16H2,1-2H3,(H,29,31,34). The number of rotatable bonds is 5. The van der Waals surface area contributed by atoms with Gasteiger partial charge in [-0.05, 0) is 60.2 Å². The van der Waals surface area contributed by atoms with Crippen LogP contribution in [0.25, 0.3) is 11.2 Å². The fraction of sp³-hybridized carbons (Fsp3) is 0.259. The van der Waals surface area contributed by atoms with E-state index in [2.05, 4.69) is 74.8 Å². The summed E-state index contributed by atoms with van der Waals surface area (Å²) < 4.78 is 6.98. The van der Waals surface area contributed by atoms with Gasteiger partial charge in [-0.2, -0.15) is 0 Å². The number of nitrogens with zero attached hydrogens (tertiary/aromatic N) is 5. The summed E-state index contributed by atoms with van der Waals surface area (Å²) in [7, 11) is 0. The summed E-state index contributed by atoms with van der Waals surface area (Å²) in [5.41, 5.74) is 9.02. The number of fused-ring (bicyclic) bond motifs is 3. The lowest BCUT2D eigenvalue weighted by atomic mass is 10.0. The maximum absolute atomic E-state index is 11.5. The smallest absolute Gasteiger partial charge is 0.333 e. The zero-order chi connectivity index (χ0) is 23.9. The number of benzene rings is 2. The predicted molar refractivity (Wildman–Crippen MR) is 134 cm³/mol. The molecule has 3 aromatic heterocycles. The van der Waals surface area contributed by atoms with Crippen LogP contribution in [0.2, 0.25) is 0 Å². The summed E-state index contributed by atoms with van der Waals surface area (Å²) >= 11 is 0. The van der Waals surface area contributed by atoms with Crippen molar-refractivity contribution in [1.82, 2.24) is 24.7 Å². The van der Waals surface area contributed by atoms with Crippen LogP contribution in [0.1, 0.15) is 40.8 Å². The zero-order valence-electron chi connectivity index (χ0n) is 19.8. The molecule has 0 spiro atoms. The van der Waals surface area contributed by atoms with Crippen molar-refractivity contribution in [2.45, 2.75) is 46.2 Å². The first-order valence-electron chi connectivity index (χ1n) is 11.9. The highest BCUT2D eigenvalue weighted by Crippen LogP contribution is 2.37. The van der Waals surface area contributed by atoms with Gasteiger partial charge in [0.25, 0.3) is 0 Å². The fourth-order valence-electron chi connectivity index (χ4n) is 5.04. The highest BCUT2D eigenvalue weighted by Gasteiger charge is 2.23. The van der Waals surface area contributed by atoms with Gasteiger partial charge in [0.1, 0.15) is 11.3 Å². The van der Waals surface area contributed by atoms with Crippen molar-refractivity contribution in [3.63, 3.8) is 0 Å². The minimum Gasteiger partial charge on any atom is -0.333 e. The number of imidazole rings is 1. The van der Waals surface area contributed by atoms with Crippen molar-refractivity contribution in [2.24, 2.45) is 0 Å². The third-order valence-corrected chi connectivity index (χ3v) is 6.75. The Labute approximate surface area is 202 Å². The van der Waals surface area contributed by atoms with Gasteiger partial charge in [0.05, 0.1) is 13.1 Å². The fourth-order valence-corrected chi connectivity index (χ4v) is 5.04. The third-order valence-electron chi connectivity index (χ3n) is 6.75. The van der Waals surface area contributed by atoms with Gasteiger partial charge in [0.2, 0.25) is 0 Å². The van der Waals surface area contributed by atoms with Crippen molar-refractivity contribution in [3.05, 3.63) is 99.2 Å². The van der Waals surface area contributed by atoms with Crippen LogP contribution in [-0.4, -0.2) is 24.7 Å². The monoisotopic (exact) mass is 466 g/mol. The van der Waals surface area contributed by atoms with Gasteiger partial charge in [-0.3, -0.25) is 9.51 Å². The Hall–Kier alpha value is -4.20. The van der Waals surface area contributed by atoms with Crippen molar-refractivity contribution in [3.8, 4) is 0 Å². The van der Waals surface area contributed by atoms with E-state index in [1.54, 1.807) is 0 Å². The van der Waals surface area contributed by atoms with E-state index in [0.717, 1.165) is 53.2 Å². The largest absolute Gasteiger partial charge is 0.438 e. The Balaban J connectivity index is 1.41. The molecule has 2 aromatic carbocycles. The molecule has 4 heterocycles. The van der Waals surface area contributed by atoms with Crippen molar-refractivity contribution < 1.29 is 4.52 Å². The summed E-state index contributed by atoms with van der Waals surface area (Å²) in [5, 5.41) is 3.91. The van der Waals surface area contributed by atoms with E-state index in [1.807, 2.05) is 18.3 Å². The van der Waals surface area contributed by atoms with Crippen molar-refractivity contribution in [1.29, 1.82) is 0 Å². The number of para-hydroxylation sites is 1. The Morgan fingerprint density at radius 2 is 1.86 bits per heavy atom. The summed E-state index contributed by atoms with van der Waals surface area (Å²) in [5.74, 6) is 1.00. The molecule has 8 heteroatoms. The molecule has 1 aliphatic rings. The normalized spacial score (nSPS) is 13.0. The Kier molecular flexibility index (Phi) is 5.21. The topological polar surface area (TPSA) is 92.8 Å². The van der Waals surface area contributed by atoms with Gasteiger partial charge in [-0.25, -0.2) is 14.8 Å². The lowest BCUT2D eigenvalue weighted by molar-refractivity contribution is 0.381. The molecule has 0 fully saturated rings. The van der Waals surface area contributed by atoms with Gasteiger partial charge < -0.3 is 9.47 Å². The second-order valence-electron chi connectivity index (χ2n) is 8.99. The first-order valence-corrected chi connectivity index (χ1v) is 11.9. The first-order chi connectivity index (χ1) is 17.1. The van der Waals surface area contributed by atoms with Gasteiger partial charge in [-0.1, -0.05) is 42.4 Å². The number of H-pyrrole nitrogens is 1. The molecular weight excluding hydrogens is 440 g/mol. The van der Waals surface area contributed by atoms with E-state index in [0.29, 0.717) is 18.9 Å². The van der Waals surface area contributed by atoms with Gasteiger partial charge >= 0.3 is 5.76 Å². The minimum atomic E-state index is -0.540. The molecular formula is C27H26N6O2. The zero-order valence-corrected chi connectivity index (χ0v) is 19.8. The first kappa shape index (κ1) is 21.3. The average molecular weight is 467 g/mol. The van der Waals surface area contributed by atoms with E-state index in [-0.39, 0.29) is 0 Å². The number of aromatic amines is 1. The minimum absolute atomic E-state index is 0.421. The molecule has 5 aromatic rings. The number of aromatic nitrogens is 5. The number of hydrogen-bond acceptors (Lipinski definition) is 6. The molecule has 176 valence electrons. The highest BCUT2D eigenvalue weighted by molar-refractivity contribution is 5.75. The lowest BCUT2D eigenvalue weighted by Crippen LogP contribution is -2.19. The highest BCUT2D eigenvalue weighted by atomic mass is 16.5. The van der Waals surface area contributed by atoms with Crippen LogP contribution >= 0.6 is 0 Å². The van der Waals surface area contributed by atoms with Crippen LogP contribution < -0.4 is 10.7 Å². The van der Waals surface area contributed by atoms with E-state index >= 15 is 0 Å². The number of pyridine rings is 1. The molecule has 0 bridgehead atoms. The maximum atomic E-state index is 11.5. The number of aryl methyl sites for hydroxylation is 4. The van der Waals surface area contributed by atoms with Gasteiger partial charge in [-0.15, -0.1) is 0 Å².